The van der Waals surface area contributed by atoms with Crippen LogP contribution >= 0.6 is 42.1 Å². The first-order valence-corrected chi connectivity index (χ1v) is 26.5. The smallest absolute Gasteiger partial charge is 0.255 e. The normalized spacial score (nSPS) is 22.8. The number of phenols is 1. The zero-order valence-electron chi connectivity index (χ0n) is 38.3. The fraction of sp³-hybridized carbons (Fsp3) is 0.385. The van der Waals surface area contributed by atoms with E-state index in [1.54, 1.807) is 13.0 Å². The summed E-state index contributed by atoms with van der Waals surface area (Å²) in [4.78, 5) is 54.7. The van der Waals surface area contributed by atoms with Gasteiger partial charge in [-0.05, 0) is 31.6 Å². The number of nitrogens with one attached hydrogen (secondary N) is 1. The molecule has 2 amide bonds. The number of aliphatic hydroxyl groups is 4. The van der Waals surface area contributed by atoms with Crippen molar-refractivity contribution in [2.24, 2.45) is 17.6 Å². The summed E-state index contributed by atoms with van der Waals surface area (Å²) in [7, 11) is 0.494. The van der Waals surface area contributed by atoms with Crippen LogP contribution in [0.25, 0.3) is 0 Å². The molecule has 0 unspecified atom stereocenters. The van der Waals surface area contributed by atoms with Gasteiger partial charge in [0.05, 0.1) is 29.3 Å². The number of carbonyl (C=O) groups is 4. The Kier molecular flexibility index (Phi) is 15.8. The predicted octanol–water partition coefficient (Wildman–Crippen LogP) is 8.18. The maximum atomic E-state index is 14.2. The molecular weight excluding hydrogens is 948 g/mol. The van der Waals surface area contributed by atoms with Crippen molar-refractivity contribution < 1.29 is 44.7 Å². The summed E-state index contributed by atoms with van der Waals surface area (Å²) >= 11 is 19.1. The molecule has 0 saturated heterocycles. The first kappa shape index (κ1) is 51.1. The maximum Gasteiger partial charge on any atom is 0.255 e. The summed E-state index contributed by atoms with van der Waals surface area (Å²) in [5, 5.41) is 66.5. The van der Waals surface area contributed by atoms with Crippen molar-refractivity contribution >= 4 is 87.0 Å². The SMILES string of the molecule is C[C@H]1c2ccc(NC(=O)CCCCCCCCCCC[PH](c3ccc(Cl)cc3)(c3ccc(Cl)cc3)c3ccc(Cl)cc3)c(O)c2C(=O)C2=C(O)[C@]3(O)C(=O)C(C(N)=O)=C(O)[C@@H](N(C)C)[C@@H]3[C@@H](O)[C@@H]21. The minimum atomic E-state index is -3.02. The summed E-state index contributed by atoms with van der Waals surface area (Å²) < 4.78 is 0. The quantitative estimate of drug-likeness (QED) is 0.0220. The Morgan fingerprint density at radius 1 is 0.735 bits per heavy atom. The van der Waals surface area contributed by atoms with E-state index in [0.717, 1.165) is 57.5 Å². The Hall–Kier alpha value is -4.78. The largest absolute Gasteiger partial charge is 0.510 e. The Morgan fingerprint density at radius 3 is 1.68 bits per heavy atom. The number of benzene rings is 4. The molecule has 0 bridgehead atoms. The summed E-state index contributed by atoms with van der Waals surface area (Å²) in [6.45, 7) is 1.65. The Labute approximate surface area is 412 Å². The molecule has 7 rings (SSSR count). The van der Waals surface area contributed by atoms with Crippen LogP contribution in [-0.4, -0.2) is 91.8 Å². The van der Waals surface area contributed by atoms with Gasteiger partial charge in [-0.15, -0.1) is 0 Å². The van der Waals surface area contributed by atoms with Gasteiger partial charge in [0, 0.05) is 11.5 Å². The molecule has 0 fully saturated rings. The van der Waals surface area contributed by atoms with Crippen molar-refractivity contribution in [1.29, 1.82) is 0 Å². The van der Waals surface area contributed by atoms with E-state index in [9.17, 15) is 44.7 Å². The standard InChI is InChI=1S/C52H59Cl3N3O9P/c1-29-36-26-27-37(45(60)40(36)46(61)41-39(29)47(62)43-44(58(2)3)48(63)42(51(56)66)50(65)52(43,67)49(41)64)57-38(59)13-11-9-7-5-4-6-8-10-12-28-68(33-20-14-30(53)15-21-33,34-22-16-31(54)17-23-34)35-24-18-32(55)19-25-35/h14-27,29,39,43-44,47,60,62-64,67-68H,4-13,28H2,1-3H3,(H2,56,66)(H,57,59)/t29-,39+,43+,44-,47-,52-/m0/s1. The molecule has 0 heterocycles. The number of anilines is 1. The molecule has 16 heteroatoms. The van der Waals surface area contributed by atoms with E-state index in [-0.39, 0.29) is 23.6 Å². The van der Waals surface area contributed by atoms with E-state index < -0.39 is 88.7 Å². The average Bonchev–Trinajstić information content (AvgIpc) is 3.29. The van der Waals surface area contributed by atoms with Crippen molar-refractivity contribution in [3.05, 3.63) is 134 Å². The number of hydrogen-bond acceptors (Lipinski definition) is 10. The number of nitrogens with two attached hydrogens (primary N) is 1. The predicted molar refractivity (Wildman–Crippen MR) is 271 cm³/mol. The van der Waals surface area contributed by atoms with Gasteiger partial charge >= 0.3 is 222 Å². The second-order valence-electron chi connectivity index (χ2n) is 18.6. The van der Waals surface area contributed by atoms with Gasteiger partial charge in [-0.25, -0.2) is 0 Å². The van der Waals surface area contributed by atoms with Crippen molar-refractivity contribution in [3.63, 3.8) is 0 Å². The van der Waals surface area contributed by atoms with Crippen LogP contribution < -0.4 is 27.0 Å². The zero-order valence-corrected chi connectivity index (χ0v) is 41.5. The first-order valence-electron chi connectivity index (χ1n) is 23.1. The number of Topliss-reactive ketones (excluding diaryl/α,β-unsaturated/α-hetero) is 2. The van der Waals surface area contributed by atoms with Crippen molar-refractivity contribution in [2.75, 3.05) is 25.6 Å². The minimum Gasteiger partial charge on any atom is -0.510 e. The molecule has 0 aliphatic heterocycles. The van der Waals surface area contributed by atoms with Crippen molar-refractivity contribution in [1.82, 2.24) is 4.90 Å². The topological polar surface area (TPSA) is 211 Å². The minimum absolute atomic E-state index is 0.0412. The number of hydrogen-bond donors (Lipinski definition) is 7. The third-order valence-corrected chi connectivity index (χ3v) is 20.2. The Balaban J connectivity index is 0.920. The third-order valence-electron chi connectivity index (χ3n) is 14.4. The molecule has 68 heavy (non-hydrogen) atoms. The molecule has 8 N–H and O–H groups in total. The fourth-order valence-corrected chi connectivity index (χ4v) is 16.2. The van der Waals surface area contributed by atoms with Gasteiger partial charge in [0.25, 0.3) is 5.91 Å². The molecule has 12 nitrogen and oxygen atoms in total. The van der Waals surface area contributed by atoms with E-state index in [1.165, 1.54) is 41.0 Å². The van der Waals surface area contributed by atoms with Gasteiger partial charge in [0.15, 0.2) is 17.1 Å². The molecule has 3 aliphatic carbocycles. The number of amides is 2. The molecular formula is C52H59Cl3N3O9P. The van der Waals surface area contributed by atoms with Gasteiger partial charge in [0.1, 0.15) is 17.1 Å². The number of carbonyl (C=O) groups excluding carboxylic acids is 4. The van der Waals surface area contributed by atoms with Gasteiger partial charge in [-0.2, -0.15) is 0 Å². The van der Waals surface area contributed by atoms with Crippen LogP contribution in [0.5, 0.6) is 5.75 Å². The van der Waals surface area contributed by atoms with Crippen LogP contribution in [0.4, 0.5) is 5.69 Å². The molecule has 0 aromatic heterocycles. The average molecular weight is 1010 g/mol. The number of halogens is 3. The van der Waals surface area contributed by atoms with Crippen LogP contribution in [0.2, 0.25) is 15.1 Å². The molecule has 3 aliphatic rings. The van der Waals surface area contributed by atoms with Crippen LogP contribution in [0.15, 0.2) is 108 Å². The number of phenolic OH excluding ortho intramolecular Hbond substituents is 1. The summed E-state index contributed by atoms with van der Waals surface area (Å²) in [5.41, 5.74) is 0.912. The van der Waals surface area contributed by atoms with Crippen LogP contribution in [0, 0.1) is 11.8 Å². The van der Waals surface area contributed by atoms with E-state index in [4.69, 9.17) is 40.5 Å². The molecule has 0 saturated carbocycles. The van der Waals surface area contributed by atoms with Gasteiger partial charge in [-0.3, -0.25) is 24.1 Å². The molecule has 362 valence electrons. The van der Waals surface area contributed by atoms with Crippen LogP contribution in [0.3, 0.4) is 0 Å². The summed E-state index contributed by atoms with van der Waals surface area (Å²) in [5.74, 6) is -10.2. The first-order chi connectivity index (χ1) is 32.4. The molecule has 4 aromatic carbocycles. The van der Waals surface area contributed by atoms with E-state index in [1.807, 2.05) is 36.4 Å². The summed E-state index contributed by atoms with van der Waals surface area (Å²) in [6.07, 6.45) is 8.34. The van der Waals surface area contributed by atoms with Crippen LogP contribution in [0.1, 0.15) is 93.0 Å². The zero-order chi connectivity index (χ0) is 49.2. The van der Waals surface area contributed by atoms with Gasteiger partial charge < -0.3 is 36.6 Å². The fourth-order valence-electron chi connectivity index (χ4n) is 11.0. The third kappa shape index (κ3) is 9.46. The number of ketones is 2. The van der Waals surface area contributed by atoms with E-state index >= 15 is 0 Å². The number of unbranched alkanes of at least 4 members (excludes halogenated alkanes) is 8. The molecule has 0 spiro atoms. The Morgan fingerprint density at radius 2 is 1.21 bits per heavy atom. The maximum absolute atomic E-state index is 14.2. The van der Waals surface area contributed by atoms with E-state index in [2.05, 4.69) is 41.7 Å². The Bertz CT molecular complexity index is 2530. The number of likely N-dealkylation sites (N-methyl/N-ethyl adjacent to an activating group) is 1. The number of aliphatic hydroxyl groups excluding tert-OH is 3. The van der Waals surface area contributed by atoms with Crippen molar-refractivity contribution in [3.8, 4) is 5.75 Å². The van der Waals surface area contributed by atoms with Gasteiger partial charge in [0.2, 0.25) is 5.78 Å². The number of primary amides is 1. The second kappa shape index (κ2) is 21.1. The van der Waals surface area contributed by atoms with E-state index in [0.29, 0.717) is 27.1 Å². The monoisotopic (exact) mass is 1010 g/mol. The summed E-state index contributed by atoms with van der Waals surface area (Å²) in [6, 6.07) is 26.4. The number of fused-ring (bicyclic) bond motifs is 3. The van der Waals surface area contributed by atoms with Crippen LogP contribution in [-0.2, 0) is 14.4 Å². The van der Waals surface area contributed by atoms with Gasteiger partial charge in [-0.1, -0.05) is 13.0 Å². The number of aromatic hydroxyl groups is 1. The number of rotatable bonds is 18. The molecule has 6 atom stereocenters. The molecule has 4 aromatic rings. The molecule has 0 radical (unpaired) electrons. The number of nitrogens with zero attached hydrogens (tertiary/aromatic N) is 1. The van der Waals surface area contributed by atoms with Crippen molar-refractivity contribution in [2.45, 2.75) is 94.8 Å². The second-order valence-corrected chi connectivity index (χ2v) is 24.0.